The van der Waals surface area contributed by atoms with Crippen molar-refractivity contribution in [2.24, 2.45) is 0 Å². The van der Waals surface area contributed by atoms with Crippen molar-refractivity contribution in [1.82, 2.24) is 10.2 Å². The fourth-order valence-electron chi connectivity index (χ4n) is 3.53. The maximum absolute atomic E-state index is 11.7. The molecule has 3 rings (SSSR count). The minimum Gasteiger partial charge on any atom is -0.497 e. The number of halogens is 3. The first-order valence-corrected chi connectivity index (χ1v) is 9.19. The third kappa shape index (κ3) is 6.33. The highest BCUT2D eigenvalue weighted by Gasteiger charge is 2.41. The number of likely N-dealkylation sites (N-methyl/N-ethyl adjacent to an activating group) is 1. The molecule has 0 spiro atoms. The number of benzene rings is 1. The second-order valence-corrected chi connectivity index (χ2v) is 6.83. The zero-order valence-electron chi connectivity index (χ0n) is 16.2. The molecule has 1 aromatic carbocycles. The number of fused-ring (bicyclic) bond motifs is 1. The second kappa shape index (κ2) is 9.93. The van der Waals surface area contributed by atoms with E-state index >= 15 is 0 Å². The van der Waals surface area contributed by atoms with Gasteiger partial charge in [0.1, 0.15) is 11.9 Å². The van der Waals surface area contributed by atoms with E-state index in [9.17, 15) is 18.0 Å². The van der Waals surface area contributed by atoms with E-state index in [-0.39, 0.29) is 18.1 Å². The van der Waals surface area contributed by atoms with E-state index in [1.807, 2.05) is 12.1 Å². The molecule has 2 N–H and O–H groups in total. The summed E-state index contributed by atoms with van der Waals surface area (Å²) in [5.74, 6) is -1.86. The fourth-order valence-corrected chi connectivity index (χ4v) is 3.53. The molecule has 1 aromatic rings. The summed E-state index contributed by atoms with van der Waals surface area (Å²) in [6.07, 6.45) is -2.32. The Morgan fingerprint density at radius 3 is 2.38 bits per heavy atom. The number of nitrogens with zero attached hydrogens (tertiary/aromatic N) is 1. The smallest absolute Gasteiger partial charge is 0.490 e. The summed E-state index contributed by atoms with van der Waals surface area (Å²) in [7, 11) is 3.35. The Labute approximate surface area is 166 Å². The number of rotatable bonds is 4. The van der Waals surface area contributed by atoms with Gasteiger partial charge in [0.25, 0.3) is 0 Å². The van der Waals surface area contributed by atoms with Gasteiger partial charge in [-0.25, -0.2) is 4.79 Å². The third-order valence-corrected chi connectivity index (χ3v) is 4.99. The van der Waals surface area contributed by atoms with Gasteiger partial charge < -0.3 is 19.9 Å². The number of amides is 1. The first kappa shape index (κ1) is 23.0. The third-order valence-electron chi connectivity index (χ3n) is 4.99. The quantitative estimate of drug-likeness (QED) is 0.780. The first-order valence-electron chi connectivity index (χ1n) is 9.19. The average molecular weight is 418 g/mol. The minimum absolute atomic E-state index is 0.00653. The van der Waals surface area contributed by atoms with Crippen LogP contribution in [0.15, 0.2) is 24.3 Å². The van der Waals surface area contributed by atoms with E-state index in [1.54, 1.807) is 14.2 Å². The topological polar surface area (TPSA) is 88.1 Å². The molecule has 2 heterocycles. The molecule has 1 amide bonds. The van der Waals surface area contributed by atoms with E-state index < -0.39 is 12.1 Å². The van der Waals surface area contributed by atoms with Crippen molar-refractivity contribution in [3.8, 4) is 5.75 Å². The standard InChI is InChI=1S/C17H24N2O3.C2HF3O2/c1-18-17(20)16-8-7-14-15(22-16)9-10-19(14)11-12-3-5-13(21-2)6-4-12;3-2(4,5)1(6)7/h3-6,14-16H,7-11H2,1-2H3,(H,18,20);(H,6,7)/t14-,15-,16+;/m1./s1. The summed E-state index contributed by atoms with van der Waals surface area (Å²) in [5.41, 5.74) is 1.29. The second-order valence-electron chi connectivity index (χ2n) is 6.83. The molecule has 0 radical (unpaired) electrons. The van der Waals surface area contributed by atoms with Crippen LogP contribution in [0.25, 0.3) is 0 Å². The number of hydrogen-bond donors (Lipinski definition) is 2. The van der Waals surface area contributed by atoms with E-state index in [1.165, 1.54) is 5.56 Å². The number of methoxy groups -OCH3 is 1. The Balaban J connectivity index is 0.000000370. The van der Waals surface area contributed by atoms with Crippen molar-refractivity contribution in [3.05, 3.63) is 29.8 Å². The number of nitrogens with one attached hydrogen (secondary N) is 1. The lowest BCUT2D eigenvalue weighted by atomic mass is 9.98. The summed E-state index contributed by atoms with van der Waals surface area (Å²) in [5, 5.41) is 9.81. The van der Waals surface area contributed by atoms with Crippen LogP contribution in [-0.4, -0.2) is 67.0 Å². The molecular weight excluding hydrogens is 393 g/mol. The van der Waals surface area contributed by atoms with Crippen LogP contribution in [0.5, 0.6) is 5.75 Å². The van der Waals surface area contributed by atoms with Gasteiger partial charge in [0, 0.05) is 26.2 Å². The van der Waals surface area contributed by atoms with Crippen LogP contribution in [0.1, 0.15) is 24.8 Å². The molecule has 0 saturated carbocycles. The molecule has 7 nitrogen and oxygen atoms in total. The lowest BCUT2D eigenvalue weighted by Gasteiger charge is -2.35. The van der Waals surface area contributed by atoms with Gasteiger partial charge in [0.05, 0.1) is 13.2 Å². The monoisotopic (exact) mass is 418 g/mol. The molecule has 0 aliphatic carbocycles. The maximum Gasteiger partial charge on any atom is 0.490 e. The van der Waals surface area contributed by atoms with Crippen LogP contribution in [-0.2, 0) is 20.9 Å². The first-order chi connectivity index (χ1) is 13.7. The molecular formula is C19H25F3N2O5. The summed E-state index contributed by atoms with van der Waals surface area (Å²) in [4.78, 5) is 23.1. The van der Waals surface area contributed by atoms with Gasteiger partial charge in [-0.2, -0.15) is 13.2 Å². The minimum atomic E-state index is -5.08. The molecule has 2 saturated heterocycles. The number of ether oxygens (including phenoxy) is 2. The highest BCUT2D eigenvalue weighted by molar-refractivity contribution is 5.80. The van der Waals surface area contributed by atoms with Crippen LogP contribution in [0.2, 0.25) is 0 Å². The zero-order chi connectivity index (χ0) is 21.6. The van der Waals surface area contributed by atoms with Crippen molar-refractivity contribution >= 4 is 11.9 Å². The van der Waals surface area contributed by atoms with Crippen molar-refractivity contribution in [1.29, 1.82) is 0 Å². The van der Waals surface area contributed by atoms with Crippen LogP contribution < -0.4 is 10.1 Å². The molecule has 2 aliphatic heterocycles. The number of likely N-dealkylation sites (tertiary alicyclic amines) is 1. The van der Waals surface area contributed by atoms with Gasteiger partial charge in [-0.15, -0.1) is 0 Å². The van der Waals surface area contributed by atoms with Crippen molar-refractivity contribution < 1.29 is 37.3 Å². The molecule has 0 aromatic heterocycles. The van der Waals surface area contributed by atoms with Crippen molar-refractivity contribution in [2.75, 3.05) is 20.7 Å². The van der Waals surface area contributed by atoms with Crippen LogP contribution in [0.4, 0.5) is 13.2 Å². The van der Waals surface area contributed by atoms with E-state index in [4.69, 9.17) is 19.4 Å². The number of carboxylic acids is 1. The summed E-state index contributed by atoms with van der Waals surface area (Å²) in [6, 6.07) is 8.67. The number of carboxylic acid groups (broad SMARTS) is 1. The van der Waals surface area contributed by atoms with Gasteiger partial charge in [-0.1, -0.05) is 12.1 Å². The molecule has 2 fully saturated rings. The average Bonchev–Trinajstić information content (AvgIpc) is 3.09. The molecule has 29 heavy (non-hydrogen) atoms. The van der Waals surface area contributed by atoms with E-state index in [0.29, 0.717) is 6.04 Å². The van der Waals surface area contributed by atoms with Crippen LogP contribution in [0.3, 0.4) is 0 Å². The Morgan fingerprint density at radius 2 is 1.86 bits per heavy atom. The maximum atomic E-state index is 11.7. The highest BCUT2D eigenvalue weighted by Crippen LogP contribution is 2.32. The van der Waals surface area contributed by atoms with Crippen molar-refractivity contribution in [3.63, 3.8) is 0 Å². The number of hydrogen-bond acceptors (Lipinski definition) is 5. The Morgan fingerprint density at radius 1 is 1.24 bits per heavy atom. The van der Waals surface area contributed by atoms with E-state index in [2.05, 4.69) is 22.3 Å². The molecule has 3 atom stereocenters. The van der Waals surface area contributed by atoms with Gasteiger partial charge in [-0.3, -0.25) is 9.69 Å². The lowest BCUT2D eigenvalue weighted by Crippen LogP contribution is -2.47. The SMILES string of the molecule is CNC(=O)[C@@H]1CC[C@@H]2[C@@H](CCN2Cc2ccc(OC)cc2)O1.O=C(O)C(F)(F)F. The number of aliphatic carboxylic acids is 1. The van der Waals surface area contributed by atoms with Gasteiger partial charge in [0.2, 0.25) is 5.91 Å². The van der Waals surface area contributed by atoms with Gasteiger partial charge in [0.15, 0.2) is 0 Å². The van der Waals surface area contributed by atoms with Crippen molar-refractivity contribution in [2.45, 2.75) is 50.2 Å². The highest BCUT2D eigenvalue weighted by atomic mass is 19.4. The predicted octanol–water partition coefficient (Wildman–Crippen LogP) is 2.20. The number of carbonyl (C=O) groups is 2. The molecule has 2 aliphatic rings. The fraction of sp³-hybridized carbons (Fsp3) is 0.579. The van der Waals surface area contributed by atoms with Crippen LogP contribution >= 0.6 is 0 Å². The number of carbonyl (C=O) groups excluding carboxylic acids is 1. The largest absolute Gasteiger partial charge is 0.497 e. The van der Waals surface area contributed by atoms with Gasteiger partial charge in [-0.05, 0) is 37.0 Å². The summed E-state index contributed by atoms with van der Waals surface area (Å²) >= 11 is 0. The Kier molecular flexibility index (Phi) is 7.86. The molecule has 10 heteroatoms. The lowest BCUT2D eigenvalue weighted by molar-refractivity contribution is -0.192. The number of alkyl halides is 3. The normalized spacial score (nSPS) is 24.1. The van der Waals surface area contributed by atoms with E-state index in [0.717, 1.165) is 38.1 Å². The summed E-state index contributed by atoms with van der Waals surface area (Å²) < 4.78 is 42.9. The molecule has 0 bridgehead atoms. The van der Waals surface area contributed by atoms with Crippen LogP contribution in [0, 0.1) is 0 Å². The summed E-state index contributed by atoms with van der Waals surface area (Å²) in [6.45, 7) is 1.96. The molecule has 0 unspecified atom stereocenters. The van der Waals surface area contributed by atoms with Gasteiger partial charge >= 0.3 is 12.1 Å². The molecule has 162 valence electrons. The Bertz CT molecular complexity index is 696. The zero-order valence-corrected chi connectivity index (χ0v) is 16.2. The predicted molar refractivity (Wildman–Crippen MR) is 97.5 cm³/mol. The Hall–Kier alpha value is -2.33.